The van der Waals surface area contributed by atoms with Gasteiger partial charge in [-0.15, -0.1) is 0 Å². The highest BCUT2D eigenvalue weighted by atomic mass is 16.5. The van der Waals surface area contributed by atoms with Gasteiger partial charge in [0.2, 0.25) is 11.8 Å². The van der Waals surface area contributed by atoms with E-state index in [1.54, 1.807) is 12.5 Å². The summed E-state index contributed by atoms with van der Waals surface area (Å²) in [6.45, 7) is 0.741. The monoisotopic (exact) mass is 357 g/mol. The number of hydrogen-bond acceptors (Lipinski definition) is 4. The fraction of sp³-hybridized carbons (Fsp3) is 0.750. The van der Waals surface area contributed by atoms with Gasteiger partial charge in [-0.2, -0.15) is 0 Å². The molecule has 2 heterocycles. The van der Waals surface area contributed by atoms with E-state index in [1.807, 2.05) is 4.90 Å². The Morgan fingerprint density at radius 1 is 1.23 bits per heavy atom. The number of rotatable bonds is 4. The standard InChI is InChI=1S/C20H27N3O3/c24-17(8-14-12-21-26-13-14)23-7-6-20(5-3-1-2-4-16(20)23)22-18(25)19-9-15(10-19)11-19/h12-13,15-16H,1-11H2,(H,22,25). The lowest BCUT2D eigenvalue weighted by molar-refractivity contribution is -0.167. The van der Waals surface area contributed by atoms with Crippen molar-refractivity contribution in [1.82, 2.24) is 15.4 Å². The molecule has 1 aromatic heterocycles. The van der Waals surface area contributed by atoms with Crippen molar-refractivity contribution >= 4 is 11.8 Å². The van der Waals surface area contributed by atoms with Crippen molar-refractivity contribution in [1.29, 1.82) is 0 Å². The molecule has 2 atom stereocenters. The normalized spacial score (nSPS) is 37.9. The molecule has 4 saturated carbocycles. The van der Waals surface area contributed by atoms with Crippen LogP contribution in [0.1, 0.15) is 63.4 Å². The number of nitrogens with zero attached hydrogens (tertiary/aromatic N) is 2. The number of hydrogen-bond donors (Lipinski definition) is 1. The Hall–Kier alpha value is -1.85. The number of carbonyl (C=O) groups excluding carboxylic acids is 2. The zero-order valence-electron chi connectivity index (χ0n) is 15.2. The zero-order valence-corrected chi connectivity index (χ0v) is 15.2. The summed E-state index contributed by atoms with van der Waals surface area (Å²) in [5.74, 6) is 1.19. The third-order valence-electron chi connectivity index (χ3n) is 7.45. The molecule has 1 aliphatic heterocycles. The summed E-state index contributed by atoms with van der Waals surface area (Å²) in [7, 11) is 0. The van der Waals surface area contributed by atoms with Gasteiger partial charge in [-0.1, -0.05) is 24.4 Å². The van der Waals surface area contributed by atoms with Crippen molar-refractivity contribution in [3.63, 3.8) is 0 Å². The molecular formula is C20H27N3O3. The Morgan fingerprint density at radius 2 is 2.08 bits per heavy atom. The SMILES string of the molecule is O=C(Cc1cnoc1)N1CCC2(NC(=O)C34CC(C3)C4)CCCCCC12. The third kappa shape index (κ3) is 2.41. The quantitative estimate of drug-likeness (QED) is 0.898. The maximum atomic E-state index is 13.0. The van der Waals surface area contributed by atoms with E-state index in [1.165, 1.54) is 6.42 Å². The van der Waals surface area contributed by atoms with Crippen LogP contribution < -0.4 is 5.32 Å². The Balaban J connectivity index is 1.34. The Labute approximate surface area is 153 Å². The molecule has 0 spiro atoms. The minimum Gasteiger partial charge on any atom is -0.364 e. The molecule has 2 unspecified atom stereocenters. The molecule has 6 rings (SSSR count). The summed E-state index contributed by atoms with van der Waals surface area (Å²) in [5.41, 5.74) is 0.544. The van der Waals surface area contributed by atoms with E-state index >= 15 is 0 Å². The van der Waals surface area contributed by atoms with Gasteiger partial charge in [0.15, 0.2) is 0 Å². The third-order valence-corrected chi connectivity index (χ3v) is 7.45. The molecule has 2 bridgehead atoms. The molecule has 0 aromatic carbocycles. The number of carbonyl (C=O) groups is 2. The average molecular weight is 357 g/mol. The number of nitrogens with one attached hydrogen (secondary N) is 1. The van der Waals surface area contributed by atoms with Crippen LogP contribution in [0.15, 0.2) is 17.0 Å². The highest BCUT2D eigenvalue weighted by Crippen LogP contribution is 2.64. The second-order valence-electron chi connectivity index (χ2n) is 9.03. The van der Waals surface area contributed by atoms with Gasteiger partial charge in [0, 0.05) is 17.5 Å². The van der Waals surface area contributed by atoms with Crippen molar-refractivity contribution in [3.05, 3.63) is 18.0 Å². The highest BCUT2D eigenvalue weighted by molar-refractivity contribution is 5.87. The molecule has 1 saturated heterocycles. The first-order valence-corrected chi connectivity index (χ1v) is 10.1. The van der Waals surface area contributed by atoms with Gasteiger partial charge in [0.1, 0.15) is 6.26 Å². The molecule has 26 heavy (non-hydrogen) atoms. The van der Waals surface area contributed by atoms with Crippen molar-refractivity contribution in [3.8, 4) is 0 Å². The summed E-state index contributed by atoms with van der Waals surface area (Å²) in [6, 6.07) is 0.133. The zero-order chi connectivity index (χ0) is 17.8. The maximum absolute atomic E-state index is 13.0. The lowest BCUT2D eigenvalue weighted by Crippen LogP contribution is -2.66. The van der Waals surface area contributed by atoms with Gasteiger partial charge < -0.3 is 14.7 Å². The van der Waals surface area contributed by atoms with Gasteiger partial charge in [-0.05, 0) is 44.4 Å². The fourth-order valence-corrected chi connectivity index (χ4v) is 5.83. The lowest BCUT2D eigenvalue weighted by Gasteiger charge is -2.61. The van der Waals surface area contributed by atoms with Crippen LogP contribution in [0, 0.1) is 11.3 Å². The van der Waals surface area contributed by atoms with Crippen molar-refractivity contribution in [2.75, 3.05) is 6.54 Å². The summed E-state index contributed by atoms with van der Waals surface area (Å²) >= 11 is 0. The maximum Gasteiger partial charge on any atom is 0.227 e. The summed E-state index contributed by atoms with van der Waals surface area (Å²) in [4.78, 5) is 28.0. The van der Waals surface area contributed by atoms with Crippen LogP contribution >= 0.6 is 0 Å². The van der Waals surface area contributed by atoms with E-state index in [9.17, 15) is 9.59 Å². The van der Waals surface area contributed by atoms with Crippen LogP contribution in [0.25, 0.3) is 0 Å². The predicted octanol–water partition coefficient (Wildman–Crippen LogP) is 2.44. The molecule has 6 nitrogen and oxygen atoms in total. The average Bonchev–Trinajstić information content (AvgIpc) is 3.08. The van der Waals surface area contributed by atoms with Crippen LogP contribution in [0.2, 0.25) is 0 Å². The van der Waals surface area contributed by atoms with Gasteiger partial charge in [0.25, 0.3) is 0 Å². The van der Waals surface area contributed by atoms with Crippen LogP contribution in [-0.4, -0.2) is 40.0 Å². The van der Waals surface area contributed by atoms with E-state index in [0.717, 1.165) is 69.4 Å². The molecule has 5 fully saturated rings. The number of aromatic nitrogens is 1. The van der Waals surface area contributed by atoms with Gasteiger partial charge in [-0.3, -0.25) is 9.59 Å². The van der Waals surface area contributed by atoms with E-state index in [-0.39, 0.29) is 28.8 Å². The first-order valence-electron chi connectivity index (χ1n) is 10.1. The Kier molecular flexibility index (Phi) is 3.66. The number of amides is 2. The summed E-state index contributed by atoms with van der Waals surface area (Å²) in [5, 5.41) is 7.19. The Morgan fingerprint density at radius 3 is 2.77 bits per heavy atom. The van der Waals surface area contributed by atoms with Crippen LogP contribution in [0.5, 0.6) is 0 Å². The van der Waals surface area contributed by atoms with Crippen molar-refractivity contribution in [2.45, 2.75) is 75.8 Å². The van der Waals surface area contributed by atoms with Crippen LogP contribution in [0.4, 0.5) is 0 Å². The number of likely N-dealkylation sites (tertiary alicyclic amines) is 1. The molecule has 2 amide bonds. The van der Waals surface area contributed by atoms with Crippen LogP contribution in [0.3, 0.4) is 0 Å². The van der Waals surface area contributed by atoms with E-state index in [4.69, 9.17) is 4.52 Å². The van der Waals surface area contributed by atoms with E-state index in [2.05, 4.69) is 10.5 Å². The minimum atomic E-state index is -0.215. The highest BCUT2D eigenvalue weighted by Gasteiger charge is 2.63. The van der Waals surface area contributed by atoms with Gasteiger partial charge in [-0.25, -0.2) is 0 Å². The van der Waals surface area contributed by atoms with Gasteiger partial charge in [0.05, 0.1) is 24.2 Å². The molecule has 0 radical (unpaired) electrons. The molecular weight excluding hydrogens is 330 g/mol. The van der Waals surface area contributed by atoms with Crippen molar-refractivity contribution in [2.24, 2.45) is 11.3 Å². The van der Waals surface area contributed by atoms with Crippen molar-refractivity contribution < 1.29 is 14.1 Å². The minimum absolute atomic E-state index is 0.0594. The molecule has 5 aliphatic rings. The first-order chi connectivity index (χ1) is 12.6. The predicted molar refractivity (Wildman–Crippen MR) is 94.1 cm³/mol. The van der Waals surface area contributed by atoms with Crippen LogP contribution in [-0.2, 0) is 16.0 Å². The smallest absolute Gasteiger partial charge is 0.227 e. The molecule has 140 valence electrons. The van der Waals surface area contributed by atoms with E-state index < -0.39 is 0 Å². The second-order valence-corrected chi connectivity index (χ2v) is 9.03. The number of fused-ring (bicyclic) bond motifs is 1. The second kappa shape index (κ2) is 5.83. The molecule has 6 heteroatoms. The van der Waals surface area contributed by atoms with Gasteiger partial charge >= 0.3 is 0 Å². The first kappa shape index (κ1) is 16.3. The molecule has 1 N–H and O–H groups in total. The lowest BCUT2D eigenvalue weighted by atomic mass is 9.44. The fourth-order valence-electron chi connectivity index (χ4n) is 5.83. The Bertz CT molecular complexity index is 699. The molecule has 1 aromatic rings. The largest absolute Gasteiger partial charge is 0.364 e. The summed E-state index contributed by atoms with van der Waals surface area (Å²) in [6.07, 6.45) is 13.1. The topological polar surface area (TPSA) is 75.4 Å². The van der Waals surface area contributed by atoms with E-state index in [0.29, 0.717) is 6.42 Å². The summed E-state index contributed by atoms with van der Waals surface area (Å²) < 4.78 is 4.86. The molecule has 4 aliphatic carbocycles.